The molecule has 0 aliphatic carbocycles. The Bertz CT molecular complexity index is 806. The molecule has 0 unspecified atom stereocenters. The maximum absolute atomic E-state index is 12.8. The van der Waals surface area contributed by atoms with Gasteiger partial charge in [-0.15, -0.1) is 0 Å². The molecule has 2 aliphatic heterocycles. The van der Waals surface area contributed by atoms with Gasteiger partial charge in [0.25, 0.3) is 0 Å². The number of aliphatic hydroxyl groups is 1. The summed E-state index contributed by atoms with van der Waals surface area (Å²) in [5.74, 6) is 0.998. The third-order valence-electron chi connectivity index (χ3n) is 5.38. The summed E-state index contributed by atoms with van der Waals surface area (Å²) in [5.41, 5.74) is 3.05. The molecule has 2 aromatic rings. The minimum atomic E-state index is -0.501. The molecule has 0 radical (unpaired) electrons. The lowest BCUT2D eigenvalue weighted by Crippen LogP contribution is -2.40. The number of benzene rings is 1. The standard InChI is InChI=1S/C20H26N4O3/c1-14-8-17(22-21-14)9-16-11-24(12-18(16)25)20(26)13-23-6-7-27-19-5-3-2-4-15(19)10-23/h2-5,8,16,18,25H,6-7,9-13H2,1H3,(H,21,22)/t16-,18-/m1/s1. The van der Waals surface area contributed by atoms with Crippen molar-refractivity contribution < 1.29 is 14.6 Å². The fraction of sp³-hybridized carbons (Fsp3) is 0.500. The lowest BCUT2D eigenvalue weighted by molar-refractivity contribution is -0.132. The molecule has 1 aromatic heterocycles. The first-order valence-electron chi connectivity index (χ1n) is 9.48. The summed E-state index contributed by atoms with van der Waals surface area (Å²) in [5, 5.41) is 17.6. The van der Waals surface area contributed by atoms with Crippen LogP contribution in [0, 0.1) is 12.8 Å². The highest BCUT2D eigenvalue weighted by molar-refractivity contribution is 5.78. The molecule has 2 atom stereocenters. The van der Waals surface area contributed by atoms with Gasteiger partial charge in [-0.3, -0.25) is 14.8 Å². The average Bonchev–Trinajstić information content (AvgIpc) is 3.15. The Morgan fingerprint density at radius 1 is 1.37 bits per heavy atom. The van der Waals surface area contributed by atoms with Crippen LogP contribution in [-0.2, 0) is 17.8 Å². The number of aromatic nitrogens is 2. The predicted octanol–water partition coefficient (Wildman–Crippen LogP) is 0.975. The molecular weight excluding hydrogens is 344 g/mol. The van der Waals surface area contributed by atoms with Gasteiger partial charge in [-0.25, -0.2) is 0 Å². The Kier molecular flexibility index (Phi) is 5.13. The molecule has 27 heavy (non-hydrogen) atoms. The number of ether oxygens (including phenoxy) is 1. The number of aryl methyl sites for hydroxylation is 1. The van der Waals surface area contributed by atoms with Crippen molar-refractivity contribution in [2.24, 2.45) is 5.92 Å². The van der Waals surface area contributed by atoms with Gasteiger partial charge in [-0.2, -0.15) is 5.10 Å². The Labute approximate surface area is 158 Å². The van der Waals surface area contributed by atoms with E-state index in [1.165, 1.54) is 0 Å². The Hall–Kier alpha value is -2.38. The van der Waals surface area contributed by atoms with Gasteiger partial charge in [0.15, 0.2) is 0 Å². The van der Waals surface area contributed by atoms with Crippen molar-refractivity contribution in [1.82, 2.24) is 20.0 Å². The van der Waals surface area contributed by atoms with E-state index in [9.17, 15) is 9.90 Å². The monoisotopic (exact) mass is 370 g/mol. The van der Waals surface area contributed by atoms with Gasteiger partial charge < -0.3 is 14.7 Å². The van der Waals surface area contributed by atoms with Crippen molar-refractivity contribution in [3.8, 4) is 5.75 Å². The molecule has 0 bridgehead atoms. The molecule has 7 heteroatoms. The molecule has 0 spiro atoms. The van der Waals surface area contributed by atoms with Crippen LogP contribution in [-0.4, -0.2) is 69.9 Å². The lowest BCUT2D eigenvalue weighted by atomic mass is 10.0. The summed E-state index contributed by atoms with van der Waals surface area (Å²) in [6.45, 7) is 5.27. The van der Waals surface area contributed by atoms with Gasteiger partial charge in [0.1, 0.15) is 12.4 Å². The summed E-state index contributed by atoms with van der Waals surface area (Å²) in [6.07, 6.45) is 0.180. The summed E-state index contributed by atoms with van der Waals surface area (Å²) >= 11 is 0. The first kappa shape index (κ1) is 18.0. The molecule has 144 valence electrons. The fourth-order valence-electron chi connectivity index (χ4n) is 3.91. The lowest BCUT2D eigenvalue weighted by Gasteiger charge is -2.23. The van der Waals surface area contributed by atoms with Crippen LogP contribution in [0.15, 0.2) is 30.3 Å². The first-order chi connectivity index (χ1) is 13.1. The van der Waals surface area contributed by atoms with Gasteiger partial charge in [-0.05, 0) is 25.5 Å². The number of rotatable bonds is 4. The number of hydrogen-bond acceptors (Lipinski definition) is 5. The van der Waals surface area contributed by atoms with E-state index >= 15 is 0 Å². The van der Waals surface area contributed by atoms with Crippen LogP contribution in [0.3, 0.4) is 0 Å². The number of para-hydroxylation sites is 1. The van der Waals surface area contributed by atoms with Crippen molar-refractivity contribution in [3.63, 3.8) is 0 Å². The summed E-state index contributed by atoms with van der Waals surface area (Å²) in [4.78, 5) is 16.7. The second-order valence-electron chi connectivity index (χ2n) is 7.54. The van der Waals surface area contributed by atoms with Crippen molar-refractivity contribution in [2.45, 2.75) is 26.0 Å². The number of β-amino-alcohol motifs (C(OH)–C–C–N with tert-alkyl or cyclic N) is 1. The van der Waals surface area contributed by atoms with Gasteiger partial charge >= 0.3 is 0 Å². The maximum Gasteiger partial charge on any atom is 0.236 e. The van der Waals surface area contributed by atoms with E-state index in [1.807, 2.05) is 37.3 Å². The molecule has 2 N–H and O–H groups in total. The van der Waals surface area contributed by atoms with Crippen LogP contribution < -0.4 is 4.74 Å². The van der Waals surface area contributed by atoms with Crippen LogP contribution in [0.2, 0.25) is 0 Å². The quantitative estimate of drug-likeness (QED) is 0.838. The van der Waals surface area contributed by atoms with E-state index in [0.29, 0.717) is 45.8 Å². The highest BCUT2D eigenvalue weighted by Gasteiger charge is 2.35. The van der Waals surface area contributed by atoms with E-state index in [0.717, 1.165) is 22.7 Å². The fourth-order valence-corrected chi connectivity index (χ4v) is 3.91. The van der Waals surface area contributed by atoms with Crippen LogP contribution >= 0.6 is 0 Å². The highest BCUT2D eigenvalue weighted by Crippen LogP contribution is 2.24. The molecule has 1 aromatic carbocycles. The van der Waals surface area contributed by atoms with E-state index in [2.05, 4.69) is 15.1 Å². The number of fused-ring (bicyclic) bond motifs is 1. The third kappa shape index (κ3) is 4.14. The zero-order valence-corrected chi connectivity index (χ0v) is 15.6. The minimum absolute atomic E-state index is 0.0323. The number of nitrogens with one attached hydrogen (secondary N) is 1. The van der Waals surface area contributed by atoms with Gasteiger partial charge in [0, 0.05) is 43.4 Å². The number of aliphatic hydroxyl groups excluding tert-OH is 1. The van der Waals surface area contributed by atoms with E-state index in [-0.39, 0.29) is 11.8 Å². The molecule has 1 saturated heterocycles. The predicted molar refractivity (Wildman–Crippen MR) is 100 cm³/mol. The number of likely N-dealkylation sites (tertiary alicyclic amines) is 1. The topological polar surface area (TPSA) is 81.7 Å². The van der Waals surface area contributed by atoms with Crippen LogP contribution in [0.4, 0.5) is 0 Å². The van der Waals surface area contributed by atoms with Gasteiger partial charge in [0.2, 0.25) is 5.91 Å². The molecule has 4 rings (SSSR count). The van der Waals surface area contributed by atoms with Crippen molar-refractivity contribution in [1.29, 1.82) is 0 Å². The molecule has 7 nitrogen and oxygen atoms in total. The number of amides is 1. The number of carbonyl (C=O) groups excluding carboxylic acids is 1. The normalized spacial score (nSPS) is 23.0. The summed E-state index contributed by atoms with van der Waals surface area (Å²) < 4.78 is 5.77. The first-order valence-corrected chi connectivity index (χ1v) is 9.48. The van der Waals surface area contributed by atoms with E-state index < -0.39 is 6.10 Å². The Balaban J connectivity index is 1.34. The van der Waals surface area contributed by atoms with Crippen molar-refractivity contribution in [2.75, 3.05) is 32.8 Å². The Morgan fingerprint density at radius 3 is 3.04 bits per heavy atom. The molecular formula is C20H26N4O3. The number of carbonyl (C=O) groups is 1. The van der Waals surface area contributed by atoms with Crippen LogP contribution in [0.1, 0.15) is 17.0 Å². The largest absolute Gasteiger partial charge is 0.492 e. The molecule has 1 amide bonds. The maximum atomic E-state index is 12.8. The average molecular weight is 370 g/mol. The zero-order valence-electron chi connectivity index (χ0n) is 15.6. The van der Waals surface area contributed by atoms with Gasteiger partial charge in [0.05, 0.1) is 18.3 Å². The highest BCUT2D eigenvalue weighted by atomic mass is 16.5. The number of nitrogens with zero attached hydrogens (tertiary/aromatic N) is 3. The van der Waals surface area contributed by atoms with Gasteiger partial charge in [-0.1, -0.05) is 18.2 Å². The van der Waals surface area contributed by atoms with Crippen molar-refractivity contribution >= 4 is 5.91 Å². The number of aromatic amines is 1. The second kappa shape index (κ2) is 7.70. The van der Waals surface area contributed by atoms with E-state index in [4.69, 9.17) is 4.74 Å². The smallest absolute Gasteiger partial charge is 0.236 e. The molecule has 3 heterocycles. The summed E-state index contributed by atoms with van der Waals surface area (Å²) in [6, 6.07) is 9.96. The third-order valence-corrected chi connectivity index (χ3v) is 5.38. The number of H-pyrrole nitrogens is 1. The van der Waals surface area contributed by atoms with Crippen LogP contribution in [0.25, 0.3) is 0 Å². The van der Waals surface area contributed by atoms with E-state index in [1.54, 1.807) is 4.90 Å². The zero-order chi connectivity index (χ0) is 18.8. The number of hydrogen-bond donors (Lipinski definition) is 2. The minimum Gasteiger partial charge on any atom is -0.492 e. The van der Waals surface area contributed by atoms with Crippen molar-refractivity contribution in [3.05, 3.63) is 47.3 Å². The molecule has 2 aliphatic rings. The summed E-state index contributed by atoms with van der Waals surface area (Å²) in [7, 11) is 0. The van der Waals surface area contributed by atoms with Crippen LogP contribution in [0.5, 0.6) is 5.75 Å². The second-order valence-corrected chi connectivity index (χ2v) is 7.54. The molecule has 1 fully saturated rings. The molecule has 0 saturated carbocycles. The SMILES string of the molecule is Cc1cc(C[C@@H]2CN(C(=O)CN3CCOc4ccccc4C3)C[C@H]2O)n[nH]1. The Morgan fingerprint density at radius 2 is 2.22 bits per heavy atom.